The molecule has 3 N–H and O–H groups in total. The van der Waals surface area contributed by atoms with Crippen molar-refractivity contribution in [3.05, 3.63) is 42.5 Å². The fraction of sp³-hybridized carbons (Fsp3) is 0.357. The summed E-state index contributed by atoms with van der Waals surface area (Å²) in [7, 11) is 0. The third-order valence-electron chi connectivity index (χ3n) is 3.11. The Morgan fingerprint density at radius 3 is 3.05 bits per heavy atom. The molecule has 0 saturated carbocycles. The molecule has 0 radical (unpaired) electrons. The van der Waals surface area contributed by atoms with Gasteiger partial charge in [0.15, 0.2) is 0 Å². The van der Waals surface area contributed by atoms with Gasteiger partial charge in [-0.05, 0) is 6.07 Å². The van der Waals surface area contributed by atoms with Gasteiger partial charge in [0.1, 0.15) is 11.4 Å². The maximum Gasteiger partial charge on any atom is 0.315 e. The van der Waals surface area contributed by atoms with E-state index >= 15 is 0 Å². The lowest BCUT2D eigenvalue weighted by molar-refractivity contribution is 0.0000922. The number of carbonyl (C=O) groups excluding carboxylic acids is 1. The number of fused-ring (bicyclic) bond motifs is 1. The first kappa shape index (κ1) is 13.4. The zero-order valence-corrected chi connectivity index (χ0v) is 10.7. The maximum atomic E-state index is 11.5. The molecule has 0 aromatic heterocycles. The molecule has 2 amide bonds. The molecule has 2 rings (SSSR count). The third kappa shape index (κ3) is 3.06. The number of urea groups is 1. The number of ether oxygens (including phenoxy) is 1. The van der Waals surface area contributed by atoms with Crippen LogP contribution < -0.4 is 15.4 Å². The van der Waals surface area contributed by atoms with Gasteiger partial charge in [0.05, 0.1) is 13.2 Å². The SMILES string of the molecule is C=CCNC(=O)NCC1(O)CCOc2ccccc21. The van der Waals surface area contributed by atoms with Crippen LogP contribution in [0.1, 0.15) is 12.0 Å². The summed E-state index contributed by atoms with van der Waals surface area (Å²) in [4.78, 5) is 11.5. The molecule has 5 nitrogen and oxygen atoms in total. The normalized spacial score (nSPS) is 20.9. The number of benzene rings is 1. The second kappa shape index (κ2) is 5.75. The van der Waals surface area contributed by atoms with E-state index in [2.05, 4.69) is 17.2 Å². The first-order valence-corrected chi connectivity index (χ1v) is 6.23. The van der Waals surface area contributed by atoms with Gasteiger partial charge in [-0.2, -0.15) is 0 Å². The quantitative estimate of drug-likeness (QED) is 0.713. The number of aliphatic hydroxyl groups is 1. The van der Waals surface area contributed by atoms with E-state index in [1.165, 1.54) is 0 Å². The van der Waals surface area contributed by atoms with E-state index in [-0.39, 0.29) is 12.6 Å². The number of rotatable bonds is 4. The summed E-state index contributed by atoms with van der Waals surface area (Å²) in [6, 6.07) is 7.01. The average molecular weight is 262 g/mol. The van der Waals surface area contributed by atoms with Gasteiger partial charge in [0, 0.05) is 18.5 Å². The molecule has 1 heterocycles. The summed E-state index contributed by atoms with van der Waals surface area (Å²) in [5.74, 6) is 0.671. The van der Waals surface area contributed by atoms with E-state index in [0.29, 0.717) is 30.9 Å². The lowest BCUT2D eigenvalue weighted by Gasteiger charge is -2.34. The minimum atomic E-state index is -1.08. The highest BCUT2D eigenvalue weighted by atomic mass is 16.5. The first-order valence-electron chi connectivity index (χ1n) is 6.23. The highest BCUT2D eigenvalue weighted by Crippen LogP contribution is 2.36. The van der Waals surface area contributed by atoms with E-state index in [1.54, 1.807) is 6.08 Å². The van der Waals surface area contributed by atoms with Crippen LogP contribution in [-0.2, 0) is 5.60 Å². The smallest absolute Gasteiger partial charge is 0.315 e. The molecular formula is C14H18N2O3. The van der Waals surface area contributed by atoms with Crippen molar-refractivity contribution >= 4 is 6.03 Å². The van der Waals surface area contributed by atoms with E-state index < -0.39 is 5.60 Å². The molecule has 0 aliphatic carbocycles. The zero-order valence-electron chi connectivity index (χ0n) is 10.7. The highest BCUT2D eigenvalue weighted by Gasteiger charge is 2.35. The average Bonchev–Trinajstić information content (AvgIpc) is 2.44. The maximum absolute atomic E-state index is 11.5. The minimum Gasteiger partial charge on any atom is -0.493 e. The Balaban J connectivity index is 2.03. The van der Waals surface area contributed by atoms with E-state index in [1.807, 2.05) is 24.3 Å². The third-order valence-corrected chi connectivity index (χ3v) is 3.11. The van der Waals surface area contributed by atoms with Crippen LogP contribution in [-0.4, -0.2) is 30.8 Å². The van der Waals surface area contributed by atoms with Gasteiger partial charge in [-0.3, -0.25) is 0 Å². The molecule has 0 bridgehead atoms. The molecule has 1 atom stereocenters. The van der Waals surface area contributed by atoms with Gasteiger partial charge in [0.2, 0.25) is 0 Å². The molecule has 1 aromatic carbocycles. The summed E-state index contributed by atoms with van der Waals surface area (Å²) in [6.45, 7) is 4.49. The van der Waals surface area contributed by atoms with Crippen LogP contribution in [0.3, 0.4) is 0 Å². The fourth-order valence-corrected chi connectivity index (χ4v) is 2.08. The van der Waals surface area contributed by atoms with Gasteiger partial charge in [-0.25, -0.2) is 4.79 Å². The monoisotopic (exact) mass is 262 g/mol. The van der Waals surface area contributed by atoms with Gasteiger partial charge >= 0.3 is 6.03 Å². The molecule has 0 saturated heterocycles. The summed E-state index contributed by atoms with van der Waals surface area (Å²) >= 11 is 0. The number of hydrogen-bond donors (Lipinski definition) is 3. The van der Waals surface area contributed by atoms with Crippen LogP contribution in [0.25, 0.3) is 0 Å². The van der Waals surface area contributed by atoms with E-state index in [4.69, 9.17) is 4.74 Å². The molecule has 1 unspecified atom stereocenters. The van der Waals surface area contributed by atoms with Gasteiger partial charge in [-0.1, -0.05) is 24.3 Å². The van der Waals surface area contributed by atoms with Crippen molar-refractivity contribution in [2.24, 2.45) is 0 Å². The van der Waals surface area contributed by atoms with Crippen molar-refractivity contribution in [1.29, 1.82) is 0 Å². The number of hydrogen-bond acceptors (Lipinski definition) is 3. The largest absolute Gasteiger partial charge is 0.493 e. The number of nitrogens with one attached hydrogen (secondary N) is 2. The van der Waals surface area contributed by atoms with Crippen molar-refractivity contribution in [2.75, 3.05) is 19.7 Å². The molecule has 19 heavy (non-hydrogen) atoms. The van der Waals surface area contributed by atoms with Crippen molar-refractivity contribution in [2.45, 2.75) is 12.0 Å². The predicted molar refractivity (Wildman–Crippen MR) is 72.0 cm³/mol. The van der Waals surface area contributed by atoms with Crippen LogP contribution in [0.5, 0.6) is 5.75 Å². The summed E-state index contributed by atoms with van der Waals surface area (Å²) in [5, 5.41) is 15.9. The standard InChI is InChI=1S/C14H18N2O3/c1-2-8-15-13(17)16-10-14(18)7-9-19-12-6-4-3-5-11(12)14/h2-6,18H,1,7-10H2,(H2,15,16,17). The topological polar surface area (TPSA) is 70.6 Å². The molecule has 1 aromatic rings. The number of amides is 2. The molecule has 0 spiro atoms. The first-order chi connectivity index (χ1) is 9.15. The van der Waals surface area contributed by atoms with Gasteiger partial charge < -0.3 is 20.5 Å². The minimum absolute atomic E-state index is 0.149. The Morgan fingerprint density at radius 2 is 2.26 bits per heavy atom. The van der Waals surface area contributed by atoms with E-state index in [9.17, 15) is 9.90 Å². The summed E-state index contributed by atoms with van der Waals surface area (Å²) in [6.07, 6.45) is 2.05. The Labute approximate surface area is 112 Å². The predicted octanol–water partition coefficient (Wildman–Crippen LogP) is 1.14. The number of carbonyl (C=O) groups is 1. The summed E-state index contributed by atoms with van der Waals surface area (Å²) < 4.78 is 5.49. The van der Waals surface area contributed by atoms with Crippen LogP contribution in [0.15, 0.2) is 36.9 Å². The van der Waals surface area contributed by atoms with E-state index in [0.717, 1.165) is 0 Å². The highest BCUT2D eigenvalue weighted by molar-refractivity contribution is 5.74. The lowest BCUT2D eigenvalue weighted by Crippen LogP contribution is -2.46. The zero-order chi connectivity index (χ0) is 13.7. The molecule has 1 aliphatic rings. The van der Waals surface area contributed by atoms with Crippen molar-refractivity contribution in [3.8, 4) is 5.75 Å². The summed E-state index contributed by atoms with van der Waals surface area (Å²) in [5.41, 5.74) is -0.370. The van der Waals surface area contributed by atoms with Crippen LogP contribution in [0, 0.1) is 0 Å². The second-order valence-electron chi connectivity index (χ2n) is 4.48. The Bertz CT molecular complexity index is 476. The molecule has 102 valence electrons. The Hall–Kier alpha value is -2.01. The van der Waals surface area contributed by atoms with Crippen LogP contribution >= 0.6 is 0 Å². The molecule has 5 heteroatoms. The van der Waals surface area contributed by atoms with Gasteiger partial charge in [-0.15, -0.1) is 6.58 Å². The lowest BCUT2D eigenvalue weighted by atomic mass is 9.88. The van der Waals surface area contributed by atoms with Crippen LogP contribution in [0.4, 0.5) is 4.79 Å². The van der Waals surface area contributed by atoms with Crippen molar-refractivity contribution in [3.63, 3.8) is 0 Å². The molecule has 0 fully saturated rings. The second-order valence-corrected chi connectivity index (χ2v) is 4.48. The Morgan fingerprint density at radius 1 is 1.47 bits per heavy atom. The van der Waals surface area contributed by atoms with Crippen molar-refractivity contribution < 1.29 is 14.6 Å². The van der Waals surface area contributed by atoms with Crippen molar-refractivity contribution in [1.82, 2.24) is 10.6 Å². The number of para-hydroxylation sites is 1. The molecule has 1 aliphatic heterocycles. The Kier molecular flexibility index (Phi) is 4.06. The molecular weight excluding hydrogens is 244 g/mol. The fourth-order valence-electron chi connectivity index (χ4n) is 2.08. The van der Waals surface area contributed by atoms with Gasteiger partial charge in [0.25, 0.3) is 0 Å². The van der Waals surface area contributed by atoms with Crippen LogP contribution in [0.2, 0.25) is 0 Å².